The van der Waals surface area contributed by atoms with Crippen LogP contribution in [0.5, 0.6) is 5.88 Å². The molecule has 2 aromatic heterocycles. The first-order valence-electron chi connectivity index (χ1n) is 7.49. The summed E-state index contributed by atoms with van der Waals surface area (Å²) in [5, 5.41) is 0.685. The number of para-hydroxylation sites is 1. The van der Waals surface area contributed by atoms with Crippen molar-refractivity contribution in [2.75, 3.05) is 18.1 Å². The standard InChI is InChI=1S/C17H17N3O2S/c1-3-20(17-19-13-9-5-6-10-14(13)23-17)16(21)12-8-7-11-18-15(12)22-4-2/h5-11H,3-4H2,1-2H3. The predicted octanol–water partition coefficient (Wildman–Crippen LogP) is 3.76. The Morgan fingerprint density at radius 3 is 2.78 bits per heavy atom. The molecule has 0 aliphatic heterocycles. The quantitative estimate of drug-likeness (QED) is 0.716. The maximum Gasteiger partial charge on any atom is 0.265 e. The van der Waals surface area contributed by atoms with Gasteiger partial charge in [0.2, 0.25) is 5.88 Å². The average Bonchev–Trinajstić information content (AvgIpc) is 3.00. The van der Waals surface area contributed by atoms with Gasteiger partial charge in [-0.3, -0.25) is 9.69 Å². The van der Waals surface area contributed by atoms with Crippen molar-refractivity contribution in [2.45, 2.75) is 13.8 Å². The Morgan fingerprint density at radius 2 is 2.04 bits per heavy atom. The molecule has 23 heavy (non-hydrogen) atoms. The molecule has 0 spiro atoms. The molecule has 6 heteroatoms. The van der Waals surface area contributed by atoms with E-state index in [9.17, 15) is 4.79 Å². The number of hydrogen-bond acceptors (Lipinski definition) is 5. The molecule has 0 unspecified atom stereocenters. The van der Waals surface area contributed by atoms with Gasteiger partial charge in [-0.05, 0) is 38.1 Å². The number of thiazole rings is 1. The average molecular weight is 327 g/mol. The Kier molecular flexibility index (Phi) is 4.52. The van der Waals surface area contributed by atoms with E-state index < -0.39 is 0 Å². The van der Waals surface area contributed by atoms with E-state index in [-0.39, 0.29) is 5.91 Å². The maximum absolute atomic E-state index is 12.9. The second kappa shape index (κ2) is 6.75. The molecule has 3 aromatic rings. The fourth-order valence-corrected chi connectivity index (χ4v) is 3.32. The lowest BCUT2D eigenvalue weighted by Gasteiger charge is -2.18. The van der Waals surface area contributed by atoms with Gasteiger partial charge >= 0.3 is 0 Å². The molecule has 0 radical (unpaired) electrons. The van der Waals surface area contributed by atoms with Crippen molar-refractivity contribution in [3.05, 3.63) is 48.2 Å². The zero-order valence-electron chi connectivity index (χ0n) is 13.0. The van der Waals surface area contributed by atoms with Crippen molar-refractivity contribution in [3.63, 3.8) is 0 Å². The lowest BCUT2D eigenvalue weighted by molar-refractivity contribution is 0.0983. The van der Waals surface area contributed by atoms with Crippen molar-refractivity contribution in [2.24, 2.45) is 0 Å². The zero-order chi connectivity index (χ0) is 16.2. The van der Waals surface area contributed by atoms with E-state index in [1.165, 1.54) is 11.3 Å². The highest BCUT2D eigenvalue weighted by Gasteiger charge is 2.23. The van der Waals surface area contributed by atoms with E-state index in [4.69, 9.17) is 4.74 Å². The molecule has 0 bridgehead atoms. The lowest BCUT2D eigenvalue weighted by Crippen LogP contribution is -2.31. The monoisotopic (exact) mass is 327 g/mol. The minimum atomic E-state index is -0.150. The van der Waals surface area contributed by atoms with Crippen LogP contribution < -0.4 is 9.64 Å². The van der Waals surface area contributed by atoms with Crippen LogP contribution in [0.25, 0.3) is 10.2 Å². The summed E-state index contributed by atoms with van der Waals surface area (Å²) in [5.41, 5.74) is 1.35. The van der Waals surface area contributed by atoms with Gasteiger partial charge < -0.3 is 4.74 Å². The number of aromatic nitrogens is 2. The fraction of sp³-hybridized carbons (Fsp3) is 0.235. The molecular weight excluding hydrogens is 310 g/mol. The van der Waals surface area contributed by atoms with Crippen LogP contribution >= 0.6 is 11.3 Å². The summed E-state index contributed by atoms with van der Waals surface area (Å²) in [6.45, 7) is 4.79. The second-order valence-corrected chi connectivity index (χ2v) is 5.81. The normalized spacial score (nSPS) is 10.7. The first kappa shape index (κ1) is 15.4. The van der Waals surface area contributed by atoms with Crippen LogP contribution in [0.1, 0.15) is 24.2 Å². The van der Waals surface area contributed by atoms with E-state index in [1.54, 1.807) is 23.2 Å². The number of benzene rings is 1. The fourth-order valence-electron chi connectivity index (χ4n) is 2.29. The summed E-state index contributed by atoms with van der Waals surface area (Å²) >= 11 is 1.50. The molecule has 0 aliphatic carbocycles. The van der Waals surface area contributed by atoms with Gasteiger partial charge in [0.15, 0.2) is 5.13 Å². The van der Waals surface area contributed by atoms with Crippen LogP contribution in [0.15, 0.2) is 42.6 Å². The van der Waals surface area contributed by atoms with Crippen molar-refractivity contribution < 1.29 is 9.53 Å². The highest BCUT2D eigenvalue weighted by Crippen LogP contribution is 2.30. The van der Waals surface area contributed by atoms with Crippen molar-refractivity contribution in [1.82, 2.24) is 9.97 Å². The van der Waals surface area contributed by atoms with Crippen LogP contribution in [-0.2, 0) is 0 Å². The van der Waals surface area contributed by atoms with E-state index in [0.717, 1.165) is 10.2 Å². The van der Waals surface area contributed by atoms with Gasteiger partial charge in [0.05, 0.1) is 16.8 Å². The first-order chi connectivity index (χ1) is 11.2. The van der Waals surface area contributed by atoms with Gasteiger partial charge in [-0.25, -0.2) is 9.97 Å². The number of nitrogens with zero attached hydrogens (tertiary/aromatic N) is 3. The van der Waals surface area contributed by atoms with Gasteiger partial charge in [0.1, 0.15) is 5.56 Å². The smallest absolute Gasteiger partial charge is 0.265 e. The topological polar surface area (TPSA) is 55.3 Å². The number of ether oxygens (including phenoxy) is 1. The predicted molar refractivity (Wildman–Crippen MR) is 92.4 cm³/mol. The first-order valence-corrected chi connectivity index (χ1v) is 8.31. The molecule has 0 atom stereocenters. The van der Waals surface area contributed by atoms with E-state index >= 15 is 0 Å². The number of pyridine rings is 1. The largest absolute Gasteiger partial charge is 0.477 e. The number of carbonyl (C=O) groups excluding carboxylic acids is 1. The molecule has 1 aromatic carbocycles. The number of hydrogen-bond donors (Lipinski definition) is 0. The highest BCUT2D eigenvalue weighted by molar-refractivity contribution is 7.22. The number of fused-ring (bicyclic) bond motifs is 1. The van der Waals surface area contributed by atoms with E-state index in [1.807, 2.05) is 38.1 Å². The second-order valence-electron chi connectivity index (χ2n) is 4.80. The van der Waals surface area contributed by atoms with Crippen LogP contribution in [-0.4, -0.2) is 29.0 Å². The summed E-state index contributed by atoms with van der Waals surface area (Å²) in [7, 11) is 0. The van der Waals surface area contributed by atoms with Crippen LogP contribution in [0.3, 0.4) is 0 Å². The molecular formula is C17H17N3O2S. The molecule has 0 saturated heterocycles. The maximum atomic E-state index is 12.9. The minimum absolute atomic E-state index is 0.150. The summed E-state index contributed by atoms with van der Waals surface area (Å²) in [6.07, 6.45) is 1.62. The molecule has 118 valence electrons. The molecule has 0 saturated carbocycles. The minimum Gasteiger partial charge on any atom is -0.477 e. The van der Waals surface area contributed by atoms with Crippen molar-refractivity contribution in [1.29, 1.82) is 0 Å². The summed E-state index contributed by atoms with van der Waals surface area (Å²) < 4.78 is 6.53. The third-order valence-electron chi connectivity index (χ3n) is 3.36. The number of carbonyl (C=O) groups is 1. The Bertz CT molecular complexity index is 798. The van der Waals surface area contributed by atoms with Gasteiger partial charge in [-0.1, -0.05) is 23.5 Å². The van der Waals surface area contributed by atoms with Crippen molar-refractivity contribution in [3.8, 4) is 5.88 Å². The third kappa shape index (κ3) is 3.03. The van der Waals surface area contributed by atoms with Gasteiger partial charge in [0, 0.05) is 12.7 Å². The SMILES string of the molecule is CCOc1ncccc1C(=O)N(CC)c1nc2ccccc2s1. The molecule has 0 N–H and O–H groups in total. The Morgan fingerprint density at radius 1 is 1.22 bits per heavy atom. The molecule has 2 heterocycles. The third-order valence-corrected chi connectivity index (χ3v) is 4.42. The summed E-state index contributed by atoms with van der Waals surface area (Å²) in [5.74, 6) is 0.211. The van der Waals surface area contributed by atoms with Crippen LogP contribution in [0.4, 0.5) is 5.13 Å². The summed E-state index contributed by atoms with van der Waals surface area (Å²) in [6, 6.07) is 11.3. The molecule has 0 fully saturated rings. The van der Waals surface area contributed by atoms with Crippen LogP contribution in [0.2, 0.25) is 0 Å². The molecule has 0 aliphatic rings. The van der Waals surface area contributed by atoms with E-state index in [0.29, 0.717) is 29.7 Å². The summed E-state index contributed by atoms with van der Waals surface area (Å²) in [4.78, 5) is 23.3. The number of rotatable bonds is 5. The zero-order valence-corrected chi connectivity index (χ0v) is 13.8. The van der Waals surface area contributed by atoms with E-state index in [2.05, 4.69) is 9.97 Å². The number of anilines is 1. The highest BCUT2D eigenvalue weighted by atomic mass is 32.1. The molecule has 3 rings (SSSR count). The Labute approximate surface area is 138 Å². The lowest BCUT2D eigenvalue weighted by atomic mass is 10.2. The number of amides is 1. The molecule has 5 nitrogen and oxygen atoms in total. The molecule has 1 amide bonds. The van der Waals surface area contributed by atoms with Crippen LogP contribution in [0, 0.1) is 0 Å². The van der Waals surface area contributed by atoms with Gasteiger partial charge in [-0.15, -0.1) is 0 Å². The van der Waals surface area contributed by atoms with Gasteiger partial charge in [0.25, 0.3) is 5.91 Å². The Balaban J connectivity index is 1.98. The Hall–Kier alpha value is -2.47. The van der Waals surface area contributed by atoms with Gasteiger partial charge in [-0.2, -0.15) is 0 Å². The van der Waals surface area contributed by atoms with Crippen molar-refractivity contribution >= 4 is 32.6 Å².